The highest BCUT2D eigenvalue weighted by Gasteiger charge is 2.19. The lowest BCUT2D eigenvalue weighted by Gasteiger charge is -2.29. The van der Waals surface area contributed by atoms with Crippen LogP contribution in [0.25, 0.3) is 0 Å². The predicted molar refractivity (Wildman–Crippen MR) is 92.8 cm³/mol. The molecule has 1 aliphatic rings. The van der Waals surface area contributed by atoms with Crippen molar-refractivity contribution >= 4 is 27.5 Å². The fraction of sp³-hybridized carbons (Fsp3) is 0.278. The van der Waals surface area contributed by atoms with Crippen molar-refractivity contribution in [3.63, 3.8) is 0 Å². The number of hydrogen-bond acceptors (Lipinski definition) is 2. The van der Waals surface area contributed by atoms with Gasteiger partial charge in [0.1, 0.15) is 0 Å². The maximum atomic E-state index is 12.3. The molecule has 114 valence electrons. The normalized spacial score (nSPS) is 13.6. The predicted octanol–water partition coefficient (Wildman–Crippen LogP) is 3.84. The Kier molecular flexibility index (Phi) is 4.78. The van der Waals surface area contributed by atoms with E-state index in [0.717, 1.165) is 29.7 Å². The average Bonchev–Trinajstić information content (AvgIpc) is 2.56. The molecule has 1 heterocycles. The van der Waals surface area contributed by atoms with Crippen molar-refractivity contribution in [1.82, 2.24) is 4.90 Å². The van der Waals surface area contributed by atoms with Crippen LogP contribution in [0, 0.1) is 0 Å². The Hall–Kier alpha value is -1.81. The number of rotatable bonds is 4. The minimum Gasteiger partial charge on any atom is -0.385 e. The van der Waals surface area contributed by atoms with Crippen molar-refractivity contribution in [2.24, 2.45) is 0 Å². The fourth-order valence-corrected chi connectivity index (χ4v) is 3.01. The van der Waals surface area contributed by atoms with Crippen LogP contribution >= 0.6 is 15.9 Å². The summed E-state index contributed by atoms with van der Waals surface area (Å²) in [5.74, 6) is 0.221. The first-order chi connectivity index (χ1) is 10.7. The first-order valence-electron chi connectivity index (χ1n) is 7.56. The van der Waals surface area contributed by atoms with Gasteiger partial charge in [-0.15, -0.1) is 0 Å². The molecule has 2 aromatic rings. The number of fused-ring (bicyclic) bond motifs is 1. The van der Waals surface area contributed by atoms with Crippen LogP contribution in [0.15, 0.2) is 53.0 Å². The van der Waals surface area contributed by atoms with E-state index < -0.39 is 0 Å². The Bertz CT molecular complexity index is 654. The van der Waals surface area contributed by atoms with Gasteiger partial charge in [-0.25, -0.2) is 0 Å². The van der Waals surface area contributed by atoms with Gasteiger partial charge in [0.05, 0.1) is 0 Å². The molecule has 4 heteroatoms. The Labute approximate surface area is 139 Å². The van der Waals surface area contributed by atoms with Crippen LogP contribution in [0.1, 0.15) is 17.5 Å². The smallest absolute Gasteiger partial charge is 0.224 e. The lowest BCUT2D eigenvalue weighted by molar-refractivity contribution is -0.131. The van der Waals surface area contributed by atoms with Crippen molar-refractivity contribution < 1.29 is 4.79 Å². The first-order valence-corrected chi connectivity index (χ1v) is 8.36. The molecule has 0 saturated heterocycles. The Morgan fingerprint density at radius 3 is 2.59 bits per heavy atom. The standard InChI is InChI=1S/C18H19BrN2O/c19-16-5-7-17(8-6-16)20-11-9-18(22)21-12-10-14-3-1-2-4-15(14)13-21/h1-8,20H,9-13H2. The molecule has 0 unspecified atom stereocenters. The summed E-state index contributed by atoms with van der Waals surface area (Å²) in [6.45, 7) is 2.24. The van der Waals surface area contributed by atoms with E-state index in [1.165, 1.54) is 11.1 Å². The van der Waals surface area contributed by atoms with E-state index in [2.05, 4.69) is 39.4 Å². The minimum atomic E-state index is 0.221. The van der Waals surface area contributed by atoms with E-state index in [1.807, 2.05) is 35.2 Å². The molecule has 0 atom stereocenters. The van der Waals surface area contributed by atoms with Gasteiger partial charge in [-0.2, -0.15) is 0 Å². The molecule has 1 amide bonds. The van der Waals surface area contributed by atoms with Crippen LogP contribution in [-0.2, 0) is 17.8 Å². The number of carbonyl (C=O) groups excluding carboxylic acids is 1. The van der Waals surface area contributed by atoms with Gasteiger partial charge in [0.15, 0.2) is 0 Å². The zero-order valence-corrected chi connectivity index (χ0v) is 14.0. The summed E-state index contributed by atoms with van der Waals surface area (Å²) in [7, 11) is 0. The molecule has 0 fully saturated rings. The summed E-state index contributed by atoms with van der Waals surface area (Å²) < 4.78 is 1.06. The number of hydrogen-bond donors (Lipinski definition) is 1. The molecule has 0 aliphatic carbocycles. The molecule has 0 bridgehead atoms. The molecular weight excluding hydrogens is 340 g/mol. The second-order valence-electron chi connectivity index (χ2n) is 5.52. The summed E-state index contributed by atoms with van der Waals surface area (Å²) in [6, 6.07) is 16.4. The van der Waals surface area contributed by atoms with Crippen LogP contribution in [0.2, 0.25) is 0 Å². The lowest BCUT2D eigenvalue weighted by atomic mass is 10.00. The van der Waals surface area contributed by atoms with E-state index >= 15 is 0 Å². The molecule has 3 nitrogen and oxygen atoms in total. The molecule has 0 saturated carbocycles. The first kappa shape index (κ1) is 15.1. The van der Waals surface area contributed by atoms with Gasteiger partial charge in [-0.05, 0) is 41.8 Å². The van der Waals surface area contributed by atoms with Gasteiger partial charge in [-0.3, -0.25) is 4.79 Å². The zero-order valence-electron chi connectivity index (χ0n) is 12.4. The second kappa shape index (κ2) is 6.97. The van der Waals surface area contributed by atoms with E-state index in [9.17, 15) is 4.79 Å². The van der Waals surface area contributed by atoms with Crippen molar-refractivity contribution in [1.29, 1.82) is 0 Å². The third kappa shape index (κ3) is 3.69. The third-order valence-corrected chi connectivity index (χ3v) is 4.52. The molecule has 22 heavy (non-hydrogen) atoms. The lowest BCUT2D eigenvalue weighted by Crippen LogP contribution is -2.36. The van der Waals surface area contributed by atoms with Crippen molar-refractivity contribution in [3.8, 4) is 0 Å². The van der Waals surface area contributed by atoms with Gasteiger partial charge in [0.25, 0.3) is 0 Å². The maximum Gasteiger partial charge on any atom is 0.224 e. The molecular formula is C18H19BrN2O. The van der Waals surface area contributed by atoms with Crippen LogP contribution < -0.4 is 5.32 Å². The summed E-state index contributed by atoms with van der Waals surface area (Å²) in [5, 5.41) is 3.29. The quantitative estimate of drug-likeness (QED) is 0.900. The van der Waals surface area contributed by atoms with E-state index in [4.69, 9.17) is 0 Å². The molecule has 3 rings (SSSR count). The van der Waals surface area contributed by atoms with Crippen molar-refractivity contribution in [2.75, 3.05) is 18.4 Å². The van der Waals surface area contributed by atoms with Gasteiger partial charge in [-0.1, -0.05) is 40.2 Å². The summed E-state index contributed by atoms with van der Waals surface area (Å²) >= 11 is 3.41. The van der Waals surface area contributed by atoms with Crippen LogP contribution in [0.5, 0.6) is 0 Å². The van der Waals surface area contributed by atoms with E-state index in [-0.39, 0.29) is 5.91 Å². The third-order valence-electron chi connectivity index (χ3n) is 4.00. The second-order valence-corrected chi connectivity index (χ2v) is 6.43. The summed E-state index contributed by atoms with van der Waals surface area (Å²) in [4.78, 5) is 14.3. The van der Waals surface area contributed by atoms with Gasteiger partial charge in [0.2, 0.25) is 5.91 Å². The highest BCUT2D eigenvalue weighted by Crippen LogP contribution is 2.19. The Balaban J connectivity index is 1.50. The van der Waals surface area contributed by atoms with Crippen LogP contribution in [-0.4, -0.2) is 23.9 Å². The molecule has 1 N–H and O–H groups in total. The van der Waals surface area contributed by atoms with Gasteiger partial charge in [0, 0.05) is 36.2 Å². The maximum absolute atomic E-state index is 12.3. The van der Waals surface area contributed by atoms with Gasteiger partial charge >= 0.3 is 0 Å². The number of nitrogens with one attached hydrogen (secondary N) is 1. The van der Waals surface area contributed by atoms with E-state index in [0.29, 0.717) is 13.0 Å². The van der Waals surface area contributed by atoms with Crippen molar-refractivity contribution in [2.45, 2.75) is 19.4 Å². The van der Waals surface area contributed by atoms with E-state index in [1.54, 1.807) is 0 Å². The minimum absolute atomic E-state index is 0.221. The number of anilines is 1. The molecule has 0 aromatic heterocycles. The Morgan fingerprint density at radius 2 is 1.82 bits per heavy atom. The highest BCUT2D eigenvalue weighted by atomic mass is 79.9. The van der Waals surface area contributed by atoms with Gasteiger partial charge < -0.3 is 10.2 Å². The monoisotopic (exact) mass is 358 g/mol. The highest BCUT2D eigenvalue weighted by molar-refractivity contribution is 9.10. The van der Waals surface area contributed by atoms with Crippen LogP contribution in [0.3, 0.4) is 0 Å². The summed E-state index contributed by atoms with van der Waals surface area (Å²) in [5.41, 5.74) is 3.70. The van der Waals surface area contributed by atoms with Crippen LogP contribution in [0.4, 0.5) is 5.69 Å². The molecule has 2 aromatic carbocycles. The Morgan fingerprint density at radius 1 is 1.09 bits per heavy atom. The number of amides is 1. The topological polar surface area (TPSA) is 32.3 Å². The fourth-order valence-electron chi connectivity index (χ4n) is 2.75. The van der Waals surface area contributed by atoms with Crippen molar-refractivity contribution in [3.05, 3.63) is 64.1 Å². The zero-order chi connectivity index (χ0) is 15.4. The number of benzene rings is 2. The molecule has 0 spiro atoms. The number of nitrogens with zero attached hydrogens (tertiary/aromatic N) is 1. The summed E-state index contributed by atoms with van der Waals surface area (Å²) in [6.07, 6.45) is 1.49. The largest absolute Gasteiger partial charge is 0.385 e. The SMILES string of the molecule is O=C(CCNc1ccc(Br)cc1)N1CCc2ccccc2C1. The number of carbonyl (C=O) groups is 1. The molecule has 0 radical (unpaired) electrons. The average molecular weight is 359 g/mol. The molecule has 1 aliphatic heterocycles. The number of halogens is 1.